The Labute approximate surface area is 213 Å². The van der Waals surface area contributed by atoms with Crippen LogP contribution < -0.4 is 10.6 Å². The first-order valence-electron chi connectivity index (χ1n) is 11.4. The number of hydrogen-bond donors (Lipinski definition) is 2. The number of aryl methyl sites for hydroxylation is 1. The van der Waals surface area contributed by atoms with E-state index in [0.717, 1.165) is 16.8 Å². The van der Waals surface area contributed by atoms with Gasteiger partial charge in [0.25, 0.3) is 0 Å². The van der Waals surface area contributed by atoms with Gasteiger partial charge in [0.2, 0.25) is 11.8 Å². The molecule has 0 aliphatic heterocycles. The second-order valence-electron chi connectivity index (χ2n) is 8.16. The molecule has 1 heterocycles. The molecule has 3 aromatic carbocycles. The van der Waals surface area contributed by atoms with E-state index >= 15 is 0 Å². The van der Waals surface area contributed by atoms with E-state index in [0.29, 0.717) is 16.4 Å². The van der Waals surface area contributed by atoms with Crippen LogP contribution in [0.2, 0.25) is 0 Å². The number of anilines is 2. The molecule has 0 saturated heterocycles. The van der Waals surface area contributed by atoms with E-state index in [9.17, 15) is 14.4 Å². The number of aromatic nitrogens is 1. The maximum Gasteiger partial charge on any atom is 0.340 e. The summed E-state index contributed by atoms with van der Waals surface area (Å²) < 4.78 is 5.43. The van der Waals surface area contributed by atoms with Gasteiger partial charge in [-0.25, -0.2) is 9.78 Å². The highest BCUT2D eigenvalue weighted by atomic mass is 32.1. The normalized spacial score (nSPS) is 10.5. The van der Waals surface area contributed by atoms with Crippen molar-refractivity contribution >= 4 is 40.5 Å². The lowest BCUT2D eigenvalue weighted by atomic mass is 10.1. The zero-order chi connectivity index (χ0) is 25.3. The molecule has 0 bridgehead atoms. The van der Waals surface area contributed by atoms with Gasteiger partial charge in [-0.3, -0.25) is 9.59 Å². The zero-order valence-electron chi connectivity index (χ0n) is 19.7. The molecule has 0 unspecified atom stereocenters. The smallest absolute Gasteiger partial charge is 0.340 e. The monoisotopic (exact) mass is 499 g/mol. The average molecular weight is 500 g/mol. The van der Waals surface area contributed by atoms with Gasteiger partial charge in [0.15, 0.2) is 0 Å². The molecule has 0 atom stereocenters. The lowest BCUT2D eigenvalue weighted by Gasteiger charge is -2.10. The first-order valence-corrected chi connectivity index (χ1v) is 12.2. The number of ether oxygens (including phenoxy) is 1. The van der Waals surface area contributed by atoms with Crippen LogP contribution in [-0.2, 0) is 33.8 Å². The number of rotatable bonds is 9. The third kappa shape index (κ3) is 7.10. The molecule has 0 fully saturated rings. The van der Waals surface area contributed by atoms with Gasteiger partial charge in [-0.15, -0.1) is 11.3 Å². The SMILES string of the molecule is Cc1ccc(NC(=O)Cc2nc(COC(=O)c3ccccc3NC(=O)Cc3ccccc3)cs2)cc1. The third-order valence-corrected chi connectivity index (χ3v) is 6.12. The maximum absolute atomic E-state index is 12.7. The molecule has 0 spiro atoms. The predicted molar refractivity (Wildman–Crippen MR) is 140 cm³/mol. The van der Waals surface area contributed by atoms with Crippen LogP contribution in [0.15, 0.2) is 84.2 Å². The van der Waals surface area contributed by atoms with Gasteiger partial charge in [0.1, 0.15) is 11.6 Å². The van der Waals surface area contributed by atoms with Crippen molar-refractivity contribution in [2.75, 3.05) is 10.6 Å². The summed E-state index contributed by atoms with van der Waals surface area (Å²) >= 11 is 1.33. The maximum atomic E-state index is 12.7. The minimum absolute atomic E-state index is 0.0405. The number of carbonyl (C=O) groups is 3. The van der Waals surface area contributed by atoms with E-state index in [1.165, 1.54) is 11.3 Å². The zero-order valence-corrected chi connectivity index (χ0v) is 20.5. The Hall–Kier alpha value is -4.30. The predicted octanol–water partition coefficient (Wildman–Crippen LogP) is 5.17. The molecular weight excluding hydrogens is 474 g/mol. The minimum Gasteiger partial charge on any atom is -0.455 e. The van der Waals surface area contributed by atoms with Crippen molar-refractivity contribution in [3.05, 3.63) is 112 Å². The molecule has 4 aromatic rings. The number of carbonyl (C=O) groups excluding carboxylic acids is 3. The van der Waals surface area contributed by atoms with Gasteiger partial charge < -0.3 is 15.4 Å². The molecule has 2 N–H and O–H groups in total. The van der Waals surface area contributed by atoms with Gasteiger partial charge in [0, 0.05) is 11.1 Å². The number of thiazole rings is 1. The van der Waals surface area contributed by atoms with Crippen LogP contribution in [0, 0.1) is 6.92 Å². The fraction of sp³-hybridized carbons (Fsp3) is 0.143. The Kier molecular flexibility index (Phi) is 8.20. The van der Waals surface area contributed by atoms with Gasteiger partial charge in [-0.2, -0.15) is 0 Å². The highest BCUT2D eigenvalue weighted by molar-refractivity contribution is 7.09. The quantitative estimate of drug-likeness (QED) is 0.310. The fourth-order valence-corrected chi connectivity index (χ4v) is 4.22. The highest BCUT2D eigenvalue weighted by Crippen LogP contribution is 2.19. The van der Waals surface area contributed by atoms with E-state index < -0.39 is 5.97 Å². The van der Waals surface area contributed by atoms with Crippen LogP contribution in [-0.4, -0.2) is 22.8 Å². The second kappa shape index (κ2) is 11.9. The van der Waals surface area contributed by atoms with Crippen molar-refractivity contribution in [3.63, 3.8) is 0 Å². The van der Waals surface area contributed by atoms with E-state index in [1.807, 2.05) is 61.5 Å². The number of nitrogens with one attached hydrogen (secondary N) is 2. The number of esters is 1. The largest absolute Gasteiger partial charge is 0.455 e. The highest BCUT2D eigenvalue weighted by Gasteiger charge is 2.16. The molecule has 1 aromatic heterocycles. The number of para-hydroxylation sites is 1. The van der Waals surface area contributed by atoms with Crippen LogP contribution in [0.25, 0.3) is 0 Å². The summed E-state index contributed by atoms with van der Waals surface area (Å²) in [5.74, 6) is -0.969. The third-order valence-electron chi connectivity index (χ3n) is 5.23. The van der Waals surface area contributed by atoms with Crippen molar-refractivity contribution in [1.29, 1.82) is 0 Å². The van der Waals surface area contributed by atoms with Gasteiger partial charge in [0.05, 0.1) is 29.8 Å². The van der Waals surface area contributed by atoms with Gasteiger partial charge >= 0.3 is 5.97 Å². The Bertz CT molecular complexity index is 1350. The molecule has 8 heteroatoms. The van der Waals surface area contributed by atoms with Crippen LogP contribution in [0.3, 0.4) is 0 Å². The second-order valence-corrected chi connectivity index (χ2v) is 9.10. The molecule has 36 heavy (non-hydrogen) atoms. The standard InChI is InChI=1S/C28H25N3O4S/c1-19-11-13-21(14-12-19)29-26(33)16-27-30-22(18-36-27)17-35-28(34)23-9-5-6-10-24(23)31-25(32)15-20-7-3-2-4-8-20/h2-14,18H,15-17H2,1H3,(H,29,33)(H,31,32). The van der Waals surface area contributed by atoms with Crippen LogP contribution in [0.4, 0.5) is 11.4 Å². The molecule has 0 radical (unpaired) electrons. The minimum atomic E-state index is -0.572. The summed E-state index contributed by atoms with van der Waals surface area (Å²) in [5.41, 5.74) is 3.91. The van der Waals surface area contributed by atoms with Crippen molar-refractivity contribution in [2.45, 2.75) is 26.4 Å². The summed E-state index contributed by atoms with van der Waals surface area (Å²) in [6, 6.07) is 23.6. The number of nitrogens with zero attached hydrogens (tertiary/aromatic N) is 1. The lowest BCUT2D eigenvalue weighted by molar-refractivity contribution is -0.116. The Morgan fingerprint density at radius 3 is 2.31 bits per heavy atom. The molecule has 7 nitrogen and oxygen atoms in total. The molecular formula is C28H25N3O4S. The first kappa shape index (κ1) is 24.8. The van der Waals surface area contributed by atoms with Crippen molar-refractivity contribution in [1.82, 2.24) is 4.98 Å². The van der Waals surface area contributed by atoms with Crippen molar-refractivity contribution in [2.24, 2.45) is 0 Å². The molecule has 0 saturated carbocycles. The van der Waals surface area contributed by atoms with Gasteiger partial charge in [-0.05, 0) is 36.8 Å². The number of amides is 2. The van der Waals surface area contributed by atoms with E-state index in [1.54, 1.807) is 29.6 Å². The van der Waals surface area contributed by atoms with E-state index in [-0.39, 0.29) is 36.8 Å². The summed E-state index contributed by atoms with van der Waals surface area (Å²) in [5, 5.41) is 8.02. The molecule has 4 rings (SSSR count). The molecule has 0 aliphatic rings. The summed E-state index contributed by atoms with van der Waals surface area (Å²) in [6.07, 6.45) is 0.325. The Morgan fingerprint density at radius 1 is 0.833 bits per heavy atom. The Balaban J connectivity index is 1.30. The van der Waals surface area contributed by atoms with Crippen molar-refractivity contribution in [3.8, 4) is 0 Å². The first-order chi connectivity index (χ1) is 17.5. The van der Waals surface area contributed by atoms with Crippen LogP contribution in [0.5, 0.6) is 0 Å². The Morgan fingerprint density at radius 2 is 1.53 bits per heavy atom. The molecule has 0 aliphatic carbocycles. The summed E-state index contributed by atoms with van der Waals surface area (Å²) in [4.78, 5) is 41.9. The molecule has 182 valence electrons. The van der Waals surface area contributed by atoms with Crippen LogP contribution >= 0.6 is 11.3 Å². The van der Waals surface area contributed by atoms with Crippen molar-refractivity contribution < 1.29 is 19.1 Å². The number of hydrogen-bond acceptors (Lipinski definition) is 6. The fourth-order valence-electron chi connectivity index (χ4n) is 3.44. The topological polar surface area (TPSA) is 97.4 Å². The van der Waals surface area contributed by atoms with E-state index in [2.05, 4.69) is 15.6 Å². The van der Waals surface area contributed by atoms with Gasteiger partial charge in [-0.1, -0.05) is 60.2 Å². The average Bonchev–Trinajstić information content (AvgIpc) is 3.32. The van der Waals surface area contributed by atoms with E-state index in [4.69, 9.17) is 4.74 Å². The lowest BCUT2D eigenvalue weighted by Crippen LogP contribution is -2.17. The number of benzene rings is 3. The van der Waals surface area contributed by atoms with Crippen LogP contribution in [0.1, 0.15) is 32.2 Å². The molecule has 2 amide bonds. The summed E-state index contributed by atoms with van der Waals surface area (Å²) in [6.45, 7) is 1.94. The summed E-state index contributed by atoms with van der Waals surface area (Å²) in [7, 11) is 0.